The molecule has 0 saturated heterocycles. The molecule has 1 unspecified atom stereocenters. The van der Waals surface area contributed by atoms with Crippen molar-refractivity contribution in [3.05, 3.63) is 30.4 Å². The van der Waals surface area contributed by atoms with Gasteiger partial charge in [0.15, 0.2) is 0 Å². The Hall–Kier alpha value is -1.18. The highest BCUT2D eigenvalue weighted by molar-refractivity contribution is 5.64. The van der Waals surface area contributed by atoms with Crippen LogP contribution in [0.3, 0.4) is 0 Å². The topological polar surface area (TPSA) is 25.8 Å². The quantitative estimate of drug-likeness (QED) is 0.753. The lowest BCUT2D eigenvalue weighted by Crippen LogP contribution is -2.23. The summed E-state index contributed by atoms with van der Waals surface area (Å²) in [4.78, 5) is 8.29. The van der Waals surface area contributed by atoms with Gasteiger partial charge in [0.1, 0.15) is 6.33 Å². The van der Waals surface area contributed by atoms with Crippen LogP contribution in [0.2, 0.25) is 0 Å². The van der Waals surface area contributed by atoms with Gasteiger partial charge in [0, 0.05) is 18.0 Å². The first-order chi connectivity index (χ1) is 10.4. The molecule has 1 aromatic heterocycles. The first-order valence-electron chi connectivity index (χ1n) is 8.81. The first kappa shape index (κ1) is 14.7. The Bertz CT molecular complexity index is 458. The second kappa shape index (κ2) is 7.20. The van der Waals surface area contributed by atoms with Gasteiger partial charge in [-0.25, -0.2) is 9.97 Å². The Morgan fingerprint density at radius 1 is 1.00 bits per heavy atom. The highest BCUT2D eigenvalue weighted by Crippen LogP contribution is 2.41. The maximum absolute atomic E-state index is 4.14. The SMILES string of the molecule is CCCC1CCC(C2CC=C(c3cncnc3)CC2)CC1. The van der Waals surface area contributed by atoms with Crippen molar-refractivity contribution in [2.75, 3.05) is 0 Å². The van der Waals surface area contributed by atoms with Crippen LogP contribution in [0.25, 0.3) is 5.57 Å². The molecule has 0 aromatic carbocycles. The molecular formula is C19H28N2. The molecule has 21 heavy (non-hydrogen) atoms. The van der Waals surface area contributed by atoms with Crippen molar-refractivity contribution in [1.29, 1.82) is 0 Å². The molecule has 2 heteroatoms. The van der Waals surface area contributed by atoms with Crippen molar-refractivity contribution in [2.45, 2.75) is 64.7 Å². The van der Waals surface area contributed by atoms with E-state index in [1.807, 2.05) is 12.4 Å². The maximum atomic E-state index is 4.14. The number of nitrogens with zero attached hydrogens (tertiary/aromatic N) is 2. The molecule has 2 aliphatic rings. The van der Waals surface area contributed by atoms with Crippen LogP contribution in [0.5, 0.6) is 0 Å². The smallest absolute Gasteiger partial charge is 0.115 e. The molecule has 0 aliphatic heterocycles. The van der Waals surface area contributed by atoms with E-state index in [4.69, 9.17) is 0 Å². The highest BCUT2D eigenvalue weighted by Gasteiger charge is 2.28. The zero-order valence-electron chi connectivity index (χ0n) is 13.3. The van der Waals surface area contributed by atoms with E-state index in [1.165, 1.54) is 68.9 Å². The third kappa shape index (κ3) is 3.72. The Morgan fingerprint density at radius 2 is 1.76 bits per heavy atom. The summed E-state index contributed by atoms with van der Waals surface area (Å²) >= 11 is 0. The first-order valence-corrected chi connectivity index (χ1v) is 8.81. The lowest BCUT2D eigenvalue weighted by atomic mass is 9.70. The molecule has 2 aliphatic carbocycles. The number of hydrogen-bond donors (Lipinski definition) is 0. The largest absolute Gasteiger partial charge is 0.244 e. The van der Waals surface area contributed by atoms with Gasteiger partial charge >= 0.3 is 0 Å². The third-order valence-electron chi connectivity index (χ3n) is 5.64. The summed E-state index contributed by atoms with van der Waals surface area (Å²) in [7, 11) is 0. The van der Waals surface area contributed by atoms with E-state index in [2.05, 4.69) is 23.0 Å². The number of hydrogen-bond acceptors (Lipinski definition) is 2. The average molecular weight is 284 g/mol. The second-order valence-electron chi connectivity index (χ2n) is 6.96. The Morgan fingerprint density at radius 3 is 2.38 bits per heavy atom. The van der Waals surface area contributed by atoms with Crippen molar-refractivity contribution < 1.29 is 0 Å². The fourth-order valence-electron chi connectivity index (χ4n) is 4.37. The molecule has 3 rings (SSSR count). The van der Waals surface area contributed by atoms with Gasteiger partial charge < -0.3 is 0 Å². The number of allylic oxidation sites excluding steroid dienone is 2. The predicted octanol–water partition coefficient (Wildman–Crippen LogP) is 5.27. The molecule has 0 N–H and O–H groups in total. The second-order valence-corrected chi connectivity index (χ2v) is 6.96. The molecule has 0 spiro atoms. The van der Waals surface area contributed by atoms with E-state index in [0.29, 0.717) is 0 Å². The standard InChI is InChI=1S/C19H28N2/c1-2-3-15-4-6-16(7-5-15)17-8-10-18(11-9-17)19-12-20-14-21-13-19/h10,12-17H,2-9,11H2,1H3. The van der Waals surface area contributed by atoms with E-state index >= 15 is 0 Å². The normalized spacial score (nSPS) is 30.0. The van der Waals surface area contributed by atoms with Crippen LogP contribution >= 0.6 is 0 Å². The zero-order valence-corrected chi connectivity index (χ0v) is 13.3. The zero-order chi connectivity index (χ0) is 14.5. The molecule has 1 fully saturated rings. The molecule has 1 atom stereocenters. The van der Waals surface area contributed by atoms with Gasteiger partial charge in [-0.15, -0.1) is 0 Å². The minimum Gasteiger partial charge on any atom is -0.244 e. The summed E-state index contributed by atoms with van der Waals surface area (Å²) < 4.78 is 0. The monoisotopic (exact) mass is 284 g/mol. The number of rotatable bonds is 4. The summed E-state index contributed by atoms with van der Waals surface area (Å²) in [5, 5.41) is 0. The fraction of sp³-hybridized carbons (Fsp3) is 0.684. The summed E-state index contributed by atoms with van der Waals surface area (Å²) in [6, 6.07) is 0. The van der Waals surface area contributed by atoms with Gasteiger partial charge in [0.05, 0.1) is 0 Å². The molecule has 0 bridgehead atoms. The van der Waals surface area contributed by atoms with Crippen LogP contribution in [0.1, 0.15) is 70.3 Å². The molecular weight excluding hydrogens is 256 g/mol. The summed E-state index contributed by atoms with van der Waals surface area (Å²) in [6.45, 7) is 2.33. The van der Waals surface area contributed by atoms with Crippen molar-refractivity contribution in [2.24, 2.45) is 17.8 Å². The predicted molar refractivity (Wildman–Crippen MR) is 87.7 cm³/mol. The fourth-order valence-corrected chi connectivity index (χ4v) is 4.37. The van der Waals surface area contributed by atoms with E-state index in [0.717, 1.165) is 17.8 Å². The van der Waals surface area contributed by atoms with Crippen LogP contribution in [0.15, 0.2) is 24.8 Å². The lowest BCUT2D eigenvalue weighted by molar-refractivity contribution is 0.189. The summed E-state index contributed by atoms with van der Waals surface area (Å²) in [5.74, 6) is 2.95. The molecule has 114 valence electrons. The van der Waals surface area contributed by atoms with Gasteiger partial charge in [0.25, 0.3) is 0 Å². The van der Waals surface area contributed by atoms with E-state index < -0.39 is 0 Å². The highest BCUT2D eigenvalue weighted by atomic mass is 14.8. The van der Waals surface area contributed by atoms with Gasteiger partial charge in [-0.3, -0.25) is 0 Å². The Kier molecular flexibility index (Phi) is 5.05. The minimum absolute atomic E-state index is 0.931. The van der Waals surface area contributed by atoms with E-state index in [1.54, 1.807) is 6.33 Å². The van der Waals surface area contributed by atoms with Crippen LogP contribution < -0.4 is 0 Å². The van der Waals surface area contributed by atoms with Gasteiger partial charge in [-0.05, 0) is 55.4 Å². The number of aromatic nitrogens is 2. The van der Waals surface area contributed by atoms with Crippen molar-refractivity contribution in [3.63, 3.8) is 0 Å². The van der Waals surface area contributed by atoms with Gasteiger partial charge in [-0.2, -0.15) is 0 Å². The molecule has 0 radical (unpaired) electrons. The summed E-state index contributed by atoms with van der Waals surface area (Å²) in [5.41, 5.74) is 2.69. The molecule has 0 amide bonds. The minimum atomic E-state index is 0.931. The van der Waals surface area contributed by atoms with Gasteiger partial charge in [0.2, 0.25) is 0 Å². The molecule has 1 heterocycles. The maximum Gasteiger partial charge on any atom is 0.115 e. The van der Waals surface area contributed by atoms with E-state index in [9.17, 15) is 0 Å². The van der Waals surface area contributed by atoms with Crippen molar-refractivity contribution in [1.82, 2.24) is 9.97 Å². The van der Waals surface area contributed by atoms with Crippen LogP contribution in [-0.2, 0) is 0 Å². The van der Waals surface area contributed by atoms with Crippen LogP contribution in [0.4, 0.5) is 0 Å². The Balaban J connectivity index is 1.53. The lowest BCUT2D eigenvalue weighted by Gasteiger charge is -2.35. The molecule has 2 nitrogen and oxygen atoms in total. The van der Waals surface area contributed by atoms with Crippen LogP contribution in [0, 0.1) is 17.8 Å². The third-order valence-corrected chi connectivity index (χ3v) is 5.64. The molecule has 1 aromatic rings. The van der Waals surface area contributed by atoms with Gasteiger partial charge in [-0.1, -0.05) is 38.7 Å². The van der Waals surface area contributed by atoms with Crippen molar-refractivity contribution in [3.8, 4) is 0 Å². The van der Waals surface area contributed by atoms with Crippen LogP contribution in [-0.4, -0.2) is 9.97 Å². The van der Waals surface area contributed by atoms with Crippen molar-refractivity contribution >= 4 is 5.57 Å². The average Bonchev–Trinajstić information content (AvgIpc) is 2.57. The Labute approximate surface area is 129 Å². The summed E-state index contributed by atoms with van der Waals surface area (Å²) in [6.07, 6.45) is 20.6. The molecule has 1 saturated carbocycles. The van der Waals surface area contributed by atoms with E-state index in [-0.39, 0.29) is 0 Å².